The number of alkyl halides is 3. The fourth-order valence-electron chi connectivity index (χ4n) is 1.91. The van der Waals surface area contributed by atoms with Crippen LogP contribution in [0.25, 0.3) is 0 Å². The average molecular weight is 359 g/mol. The normalized spacial score (nSPS) is 11.8. The van der Waals surface area contributed by atoms with Crippen molar-refractivity contribution in [2.45, 2.75) is 45.9 Å². The third-order valence-corrected chi connectivity index (χ3v) is 3.07. The monoisotopic (exact) mass is 359 g/mol. The second kappa shape index (κ2) is 7.67. The highest BCUT2D eigenvalue weighted by atomic mass is 19.4. The largest absolute Gasteiger partial charge is 0.450 e. The molecule has 0 bridgehead atoms. The molecule has 0 saturated heterocycles. The number of hydrogen-bond donors (Lipinski definition) is 0. The molecule has 0 atom stereocenters. The van der Waals surface area contributed by atoms with Crippen LogP contribution >= 0.6 is 0 Å². The SMILES string of the molecule is CCN(C(=O)OC(C)(C)C)c1ccc(C(=O)CC(=O)C(F)(F)F)cc1. The van der Waals surface area contributed by atoms with Crippen LogP contribution in [0, 0.1) is 0 Å². The van der Waals surface area contributed by atoms with Gasteiger partial charge in [0, 0.05) is 17.8 Å². The maximum atomic E-state index is 12.2. The number of ketones is 2. The van der Waals surface area contributed by atoms with Gasteiger partial charge in [0.1, 0.15) is 5.60 Å². The van der Waals surface area contributed by atoms with Gasteiger partial charge in [-0.3, -0.25) is 14.5 Å². The first-order chi connectivity index (χ1) is 11.3. The number of benzene rings is 1. The Kier molecular flexibility index (Phi) is 6.34. The van der Waals surface area contributed by atoms with E-state index in [1.807, 2.05) is 0 Å². The molecule has 0 aliphatic heterocycles. The molecule has 0 N–H and O–H groups in total. The zero-order valence-corrected chi connectivity index (χ0v) is 14.4. The molecular formula is C17H20F3NO4. The van der Waals surface area contributed by atoms with E-state index in [2.05, 4.69) is 0 Å². The van der Waals surface area contributed by atoms with Crippen molar-refractivity contribution in [2.75, 3.05) is 11.4 Å². The molecule has 1 aromatic rings. The van der Waals surface area contributed by atoms with E-state index < -0.39 is 35.9 Å². The Labute approximate surface area is 143 Å². The van der Waals surface area contributed by atoms with E-state index in [0.717, 1.165) is 0 Å². The molecule has 0 aromatic heterocycles. The maximum absolute atomic E-state index is 12.2. The lowest BCUT2D eigenvalue weighted by Crippen LogP contribution is -2.36. The zero-order valence-electron chi connectivity index (χ0n) is 14.4. The highest BCUT2D eigenvalue weighted by molar-refractivity contribution is 6.09. The molecule has 0 saturated carbocycles. The third-order valence-electron chi connectivity index (χ3n) is 3.07. The number of hydrogen-bond acceptors (Lipinski definition) is 4. The first-order valence-corrected chi connectivity index (χ1v) is 7.59. The van der Waals surface area contributed by atoms with Gasteiger partial charge < -0.3 is 4.74 Å². The summed E-state index contributed by atoms with van der Waals surface area (Å²) in [4.78, 5) is 36.1. The fourth-order valence-corrected chi connectivity index (χ4v) is 1.91. The van der Waals surface area contributed by atoms with Gasteiger partial charge in [0.2, 0.25) is 5.78 Å². The Morgan fingerprint density at radius 1 is 1.04 bits per heavy atom. The standard InChI is InChI=1S/C17H20F3NO4/c1-5-21(15(24)25-16(2,3)4)12-8-6-11(7-9-12)13(22)10-14(23)17(18,19)20/h6-9H,5,10H2,1-4H3. The van der Waals surface area contributed by atoms with Crippen LogP contribution in [0.15, 0.2) is 24.3 Å². The highest BCUT2D eigenvalue weighted by Crippen LogP contribution is 2.22. The summed E-state index contributed by atoms with van der Waals surface area (Å²) in [5, 5.41) is 0. The number of carbonyl (C=O) groups excluding carboxylic acids is 3. The molecule has 0 heterocycles. The Balaban J connectivity index is 2.88. The summed E-state index contributed by atoms with van der Waals surface area (Å²) in [6, 6.07) is 5.38. The van der Waals surface area contributed by atoms with E-state index in [9.17, 15) is 27.6 Å². The second-order valence-electron chi connectivity index (χ2n) is 6.29. The highest BCUT2D eigenvalue weighted by Gasteiger charge is 2.39. The summed E-state index contributed by atoms with van der Waals surface area (Å²) in [5.74, 6) is -3.03. The van der Waals surface area contributed by atoms with Crippen LogP contribution in [0.4, 0.5) is 23.7 Å². The van der Waals surface area contributed by atoms with E-state index in [1.54, 1.807) is 27.7 Å². The quantitative estimate of drug-likeness (QED) is 0.585. The third kappa shape index (κ3) is 6.21. The average Bonchev–Trinajstić information content (AvgIpc) is 2.45. The lowest BCUT2D eigenvalue weighted by molar-refractivity contribution is -0.170. The number of halogens is 3. The molecule has 0 aliphatic carbocycles. The number of ether oxygens (including phenoxy) is 1. The van der Waals surface area contributed by atoms with Crippen LogP contribution in [0.5, 0.6) is 0 Å². The first-order valence-electron chi connectivity index (χ1n) is 7.59. The van der Waals surface area contributed by atoms with Gasteiger partial charge in [0.25, 0.3) is 0 Å². The predicted molar refractivity (Wildman–Crippen MR) is 85.7 cm³/mol. The molecule has 0 fully saturated rings. The number of anilines is 1. The molecule has 1 aromatic carbocycles. The van der Waals surface area contributed by atoms with Gasteiger partial charge in [-0.2, -0.15) is 13.2 Å². The molecule has 0 aliphatic rings. The lowest BCUT2D eigenvalue weighted by Gasteiger charge is -2.26. The molecule has 1 rings (SSSR count). The molecule has 5 nitrogen and oxygen atoms in total. The molecule has 138 valence electrons. The van der Waals surface area contributed by atoms with Crippen LogP contribution in [0.3, 0.4) is 0 Å². The zero-order chi connectivity index (χ0) is 19.4. The molecule has 1 amide bonds. The van der Waals surface area contributed by atoms with Crippen molar-refractivity contribution in [3.63, 3.8) is 0 Å². The van der Waals surface area contributed by atoms with Gasteiger partial charge in [-0.1, -0.05) is 0 Å². The Morgan fingerprint density at radius 2 is 1.56 bits per heavy atom. The van der Waals surface area contributed by atoms with Gasteiger partial charge in [-0.15, -0.1) is 0 Å². The van der Waals surface area contributed by atoms with Crippen molar-refractivity contribution in [1.29, 1.82) is 0 Å². The van der Waals surface area contributed by atoms with Gasteiger partial charge >= 0.3 is 12.3 Å². The number of carbonyl (C=O) groups is 3. The smallest absolute Gasteiger partial charge is 0.443 e. The fraction of sp³-hybridized carbons (Fsp3) is 0.471. The number of Topliss-reactive ketones (excluding diaryl/α,β-unsaturated/α-hetero) is 2. The topological polar surface area (TPSA) is 63.7 Å². The summed E-state index contributed by atoms with van der Waals surface area (Å²) in [7, 11) is 0. The van der Waals surface area contributed by atoms with Crippen molar-refractivity contribution >= 4 is 23.3 Å². The van der Waals surface area contributed by atoms with Crippen LogP contribution in [-0.4, -0.2) is 36.0 Å². The van der Waals surface area contributed by atoms with Crippen LogP contribution in [0.1, 0.15) is 44.5 Å². The summed E-state index contributed by atoms with van der Waals surface area (Å²) in [6.07, 6.45) is -6.86. The van der Waals surface area contributed by atoms with E-state index >= 15 is 0 Å². The maximum Gasteiger partial charge on any atom is 0.450 e. The van der Waals surface area contributed by atoms with Crippen LogP contribution < -0.4 is 4.90 Å². The molecule has 25 heavy (non-hydrogen) atoms. The van der Waals surface area contributed by atoms with Crippen molar-refractivity contribution < 1.29 is 32.3 Å². The summed E-state index contributed by atoms with van der Waals surface area (Å²) >= 11 is 0. The number of rotatable bonds is 5. The van der Waals surface area contributed by atoms with Gasteiger partial charge in [0.05, 0.1) is 6.42 Å². The minimum absolute atomic E-state index is 0.0402. The van der Waals surface area contributed by atoms with E-state index in [1.165, 1.54) is 29.2 Å². The number of amides is 1. The van der Waals surface area contributed by atoms with Crippen LogP contribution in [-0.2, 0) is 9.53 Å². The van der Waals surface area contributed by atoms with Crippen LogP contribution in [0.2, 0.25) is 0 Å². The summed E-state index contributed by atoms with van der Waals surface area (Å²) in [5.41, 5.74) is -0.296. The van der Waals surface area contributed by atoms with Crippen molar-refractivity contribution in [3.05, 3.63) is 29.8 Å². The predicted octanol–water partition coefficient (Wildman–Crippen LogP) is 4.15. The summed E-state index contributed by atoms with van der Waals surface area (Å²) in [6.45, 7) is 7.19. The van der Waals surface area contributed by atoms with Crippen molar-refractivity contribution in [2.24, 2.45) is 0 Å². The minimum atomic E-state index is -5.04. The summed E-state index contributed by atoms with van der Waals surface area (Å²) < 4.78 is 41.9. The molecule has 8 heteroatoms. The van der Waals surface area contributed by atoms with E-state index in [0.29, 0.717) is 12.2 Å². The molecule has 0 spiro atoms. The van der Waals surface area contributed by atoms with Gasteiger partial charge in [0.15, 0.2) is 5.78 Å². The van der Waals surface area contributed by atoms with Crippen molar-refractivity contribution in [1.82, 2.24) is 0 Å². The molecule has 0 radical (unpaired) electrons. The Morgan fingerprint density at radius 3 is 1.96 bits per heavy atom. The Bertz CT molecular complexity index is 645. The van der Waals surface area contributed by atoms with Gasteiger partial charge in [-0.25, -0.2) is 4.79 Å². The first kappa shape index (κ1) is 20.7. The van der Waals surface area contributed by atoms with E-state index in [4.69, 9.17) is 4.74 Å². The Hall–Kier alpha value is -2.38. The lowest BCUT2D eigenvalue weighted by atomic mass is 10.1. The second-order valence-corrected chi connectivity index (χ2v) is 6.29. The molecule has 0 unspecified atom stereocenters. The molecular weight excluding hydrogens is 339 g/mol. The van der Waals surface area contributed by atoms with Gasteiger partial charge in [-0.05, 0) is 52.0 Å². The number of nitrogens with zero attached hydrogens (tertiary/aromatic N) is 1. The van der Waals surface area contributed by atoms with Crippen molar-refractivity contribution in [3.8, 4) is 0 Å². The minimum Gasteiger partial charge on any atom is -0.443 e. The van der Waals surface area contributed by atoms with E-state index in [-0.39, 0.29) is 5.56 Å².